The minimum atomic E-state index is 0.0419. The fourth-order valence-electron chi connectivity index (χ4n) is 1.21. The maximum absolute atomic E-state index is 9.77. The highest BCUT2D eigenvalue weighted by molar-refractivity contribution is 9.10. The number of nitrogens with zero attached hydrogens (tertiary/aromatic N) is 4. The third-order valence-corrected chi connectivity index (χ3v) is 2.90. The molecule has 0 bridgehead atoms. The zero-order valence-corrected chi connectivity index (χ0v) is 10.5. The van der Waals surface area contributed by atoms with Crippen molar-refractivity contribution in [2.75, 3.05) is 7.11 Å². The van der Waals surface area contributed by atoms with E-state index in [1.807, 2.05) is 0 Å². The number of benzene rings is 1. The van der Waals surface area contributed by atoms with Gasteiger partial charge in [-0.05, 0) is 28.1 Å². The Morgan fingerprint density at radius 3 is 2.76 bits per heavy atom. The van der Waals surface area contributed by atoms with E-state index in [-0.39, 0.29) is 5.75 Å². The first-order chi connectivity index (χ1) is 8.22. The lowest BCUT2D eigenvalue weighted by Gasteiger charge is -2.06. The van der Waals surface area contributed by atoms with Gasteiger partial charge in [-0.2, -0.15) is 5.10 Å². The second-order valence-corrected chi connectivity index (χ2v) is 3.90. The van der Waals surface area contributed by atoms with Crippen LogP contribution in [-0.4, -0.2) is 33.3 Å². The Hall–Kier alpha value is -1.89. The van der Waals surface area contributed by atoms with Gasteiger partial charge in [-0.25, -0.2) is 4.68 Å². The summed E-state index contributed by atoms with van der Waals surface area (Å²) >= 11 is 3.27. The van der Waals surface area contributed by atoms with Crippen LogP contribution in [0.15, 0.2) is 34.4 Å². The SMILES string of the molecule is COc1ccc(/C=N/n2cnnc2)c(Br)c1O. The van der Waals surface area contributed by atoms with Gasteiger partial charge in [0.25, 0.3) is 0 Å². The van der Waals surface area contributed by atoms with E-state index in [1.165, 1.54) is 24.4 Å². The van der Waals surface area contributed by atoms with Crippen molar-refractivity contribution >= 4 is 22.1 Å². The molecule has 0 radical (unpaired) electrons. The molecule has 1 heterocycles. The fraction of sp³-hybridized carbons (Fsp3) is 0.100. The third kappa shape index (κ3) is 2.44. The Kier molecular flexibility index (Phi) is 3.38. The molecular formula is C10H9BrN4O2. The van der Waals surface area contributed by atoms with Crippen LogP contribution >= 0.6 is 15.9 Å². The van der Waals surface area contributed by atoms with Crippen LogP contribution in [0.2, 0.25) is 0 Å². The van der Waals surface area contributed by atoms with Crippen LogP contribution in [0.25, 0.3) is 0 Å². The Morgan fingerprint density at radius 1 is 1.41 bits per heavy atom. The number of aromatic nitrogens is 3. The number of phenols is 1. The summed E-state index contributed by atoms with van der Waals surface area (Å²) in [5.74, 6) is 0.443. The number of phenolic OH excluding ortho intramolecular Hbond substituents is 1. The quantitative estimate of drug-likeness (QED) is 0.874. The van der Waals surface area contributed by atoms with E-state index in [4.69, 9.17) is 4.74 Å². The van der Waals surface area contributed by atoms with Gasteiger partial charge in [0.2, 0.25) is 0 Å². The maximum atomic E-state index is 9.77. The van der Waals surface area contributed by atoms with E-state index in [2.05, 4.69) is 31.2 Å². The van der Waals surface area contributed by atoms with Gasteiger partial charge in [0, 0.05) is 5.56 Å². The van der Waals surface area contributed by atoms with Gasteiger partial charge in [-0.1, -0.05) is 0 Å². The monoisotopic (exact) mass is 296 g/mol. The topological polar surface area (TPSA) is 72.5 Å². The van der Waals surface area contributed by atoms with Crippen LogP contribution in [-0.2, 0) is 0 Å². The van der Waals surface area contributed by atoms with Gasteiger partial charge in [-0.3, -0.25) is 0 Å². The molecule has 0 spiro atoms. The summed E-state index contributed by atoms with van der Waals surface area (Å²) in [6, 6.07) is 3.43. The largest absolute Gasteiger partial charge is 0.503 e. The lowest BCUT2D eigenvalue weighted by molar-refractivity contribution is 0.372. The molecule has 6 nitrogen and oxygen atoms in total. The first-order valence-corrected chi connectivity index (χ1v) is 5.46. The second kappa shape index (κ2) is 4.96. The van der Waals surface area contributed by atoms with E-state index in [1.54, 1.807) is 18.3 Å². The number of halogens is 1. The van der Waals surface area contributed by atoms with Crippen molar-refractivity contribution in [3.8, 4) is 11.5 Å². The molecule has 0 saturated carbocycles. The molecule has 0 fully saturated rings. The molecule has 0 atom stereocenters. The summed E-state index contributed by atoms with van der Waals surface area (Å²) in [4.78, 5) is 0. The lowest BCUT2D eigenvalue weighted by atomic mass is 10.2. The van der Waals surface area contributed by atoms with Crippen LogP contribution < -0.4 is 4.74 Å². The molecule has 0 unspecified atom stereocenters. The Morgan fingerprint density at radius 2 is 2.12 bits per heavy atom. The number of hydrogen-bond donors (Lipinski definition) is 1. The molecule has 0 saturated heterocycles. The van der Waals surface area contributed by atoms with Crippen molar-refractivity contribution in [2.24, 2.45) is 5.10 Å². The van der Waals surface area contributed by atoms with Crippen LogP contribution in [0, 0.1) is 0 Å². The number of ether oxygens (including phenoxy) is 1. The van der Waals surface area contributed by atoms with Crippen LogP contribution in [0.4, 0.5) is 0 Å². The molecule has 0 aliphatic rings. The molecule has 88 valence electrons. The summed E-state index contributed by atoms with van der Waals surface area (Å²) in [6.07, 6.45) is 4.51. The highest BCUT2D eigenvalue weighted by Crippen LogP contribution is 2.35. The summed E-state index contributed by atoms with van der Waals surface area (Å²) in [5, 5.41) is 21.1. The minimum Gasteiger partial charge on any atom is -0.503 e. The maximum Gasteiger partial charge on any atom is 0.172 e. The average Bonchev–Trinajstić information content (AvgIpc) is 2.84. The van der Waals surface area contributed by atoms with Gasteiger partial charge < -0.3 is 9.84 Å². The highest BCUT2D eigenvalue weighted by atomic mass is 79.9. The molecule has 0 amide bonds. The highest BCUT2D eigenvalue weighted by Gasteiger charge is 2.09. The second-order valence-electron chi connectivity index (χ2n) is 3.11. The molecule has 7 heteroatoms. The lowest BCUT2D eigenvalue weighted by Crippen LogP contribution is -1.91. The Balaban J connectivity index is 2.31. The van der Waals surface area contributed by atoms with Gasteiger partial charge in [0.05, 0.1) is 17.8 Å². The van der Waals surface area contributed by atoms with Gasteiger partial charge >= 0.3 is 0 Å². The summed E-state index contributed by atoms with van der Waals surface area (Å²) in [6.45, 7) is 0. The predicted molar refractivity (Wildman–Crippen MR) is 65.4 cm³/mol. The normalized spacial score (nSPS) is 10.9. The number of aromatic hydroxyl groups is 1. The van der Waals surface area contributed by atoms with Crippen molar-refractivity contribution in [3.05, 3.63) is 34.8 Å². The van der Waals surface area contributed by atoms with Gasteiger partial charge in [0.1, 0.15) is 12.7 Å². The zero-order valence-electron chi connectivity index (χ0n) is 8.91. The Bertz CT molecular complexity index is 539. The smallest absolute Gasteiger partial charge is 0.172 e. The van der Waals surface area contributed by atoms with E-state index in [0.717, 1.165) is 5.56 Å². The molecule has 1 N–H and O–H groups in total. The van der Waals surface area contributed by atoms with E-state index in [9.17, 15) is 5.11 Å². The van der Waals surface area contributed by atoms with Crippen molar-refractivity contribution in [2.45, 2.75) is 0 Å². The molecule has 1 aromatic carbocycles. The number of hydrogen-bond acceptors (Lipinski definition) is 5. The molecule has 17 heavy (non-hydrogen) atoms. The van der Waals surface area contributed by atoms with Crippen LogP contribution in [0.3, 0.4) is 0 Å². The summed E-state index contributed by atoms with van der Waals surface area (Å²) in [5.41, 5.74) is 0.719. The molecule has 2 rings (SSSR count). The van der Waals surface area contributed by atoms with Gasteiger partial charge in [-0.15, -0.1) is 10.2 Å². The van der Waals surface area contributed by atoms with Crippen molar-refractivity contribution in [1.29, 1.82) is 0 Å². The standard InChI is InChI=1S/C10H9BrN4O2/c1-17-8-3-2-7(9(11)10(8)16)4-14-15-5-12-13-6-15/h2-6,16H,1H3/b14-4+. The number of methoxy groups -OCH3 is 1. The number of rotatable bonds is 3. The third-order valence-electron chi connectivity index (χ3n) is 2.07. The summed E-state index contributed by atoms with van der Waals surface area (Å²) < 4.78 is 6.96. The first kappa shape index (κ1) is 11.6. The molecule has 1 aromatic heterocycles. The molecule has 0 aliphatic heterocycles. The van der Waals surface area contributed by atoms with E-state index < -0.39 is 0 Å². The van der Waals surface area contributed by atoms with Crippen molar-refractivity contribution < 1.29 is 9.84 Å². The minimum absolute atomic E-state index is 0.0419. The van der Waals surface area contributed by atoms with E-state index >= 15 is 0 Å². The van der Waals surface area contributed by atoms with Crippen LogP contribution in [0.1, 0.15) is 5.56 Å². The first-order valence-electron chi connectivity index (χ1n) is 4.67. The van der Waals surface area contributed by atoms with Crippen molar-refractivity contribution in [3.63, 3.8) is 0 Å². The molecular weight excluding hydrogens is 288 g/mol. The molecule has 2 aromatic rings. The average molecular weight is 297 g/mol. The Labute approximate surface area is 106 Å². The van der Waals surface area contributed by atoms with Crippen LogP contribution in [0.5, 0.6) is 11.5 Å². The molecule has 0 aliphatic carbocycles. The summed E-state index contributed by atoms with van der Waals surface area (Å²) in [7, 11) is 1.49. The predicted octanol–water partition coefficient (Wildman–Crippen LogP) is 1.64. The van der Waals surface area contributed by atoms with Gasteiger partial charge in [0.15, 0.2) is 11.5 Å². The van der Waals surface area contributed by atoms with Crippen molar-refractivity contribution in [1.82, 2.24) is 14.9 Å². The fourth-order valence-corrected chi connectivity index (χ4v) is 1.64. The van der Waals surface area contributed by atoms with E-state index in [0.29, 0.717) is 10.2 Å². The zero-order chi connectivity index (χ0) is 12.3.